The van der Waals surface area contributed by atoms with Gasteiger partial charge in [0.25, 0.3) is 0 Å². The van der Waals surface area contributed by atoms with Crippen LogP contribution in [0.4, 0.5) is 13.2 Å². The van der Waals surface area contributed by atoms with E-state index >= 15 is 0 Å². The summed E-state index contributed by atoms with van der Waals surface area (Å²) in [5.41, 5.74) is -0.121. The Bertz CT molecular complexity index is 417. The minimum Gasteiger partial charge on any atom is -0.475 e. The molecule has 0 aromatic heterocycles. The molecule has 0 atom stereocenters. The first-order valence-corrected chi connectivity index (χ1v) is 8.11. The molecule has 2 rings (SSSR count). The van der Waals surface area contributed by atoms with E-state index in [-0.39, 0.29) is 11.3 Å². The number of halogens is 3. The summed E-state index contributed by atoms with van der Waals surface area (Å²) in [4.78, 5) is 21.3. The van der Waals surface area contributed by atoms with Crippen molar-refractivity contribution in [2.45, 2.75) is 51.2 Å². The van der Waals surface area contributed by atoms with Gasteiger partial charge in [0.15, 0.2) is 0 Å². The Morgan fingerprint density at radius 3 is 2.17 bits per heavy atom. The molecule has 0 unspecified atom stereocenters. The van der Waals surface area contributed by atoms with Crippen molar-refractivity contribution in [3.05, 3.63) is 0 Å². The van der Waals surface area contributed by atoms with E-state index in [0.29, 0.717) is 6.04 Å². The Balaban J connectivity index is 0.000000351. The van der Waals surface area contributed by atoms with Crippen molar-refractivity contribution >= 4 is 11.9 Å². The van der Waals surface area contributed by atoms with Crippen LogP contribution < -0.4 is 10.6 Å². The average Bonchev–Trinajstić information content (AvgIpc) is 2.56. The fourth-order valence-electron chi connectivity index (χ4n) is 2.83. The summed E-state index contributed by atoms with van der Waals surface area (Å²) in [7, 11) is 0. The zero-order valence-corrected chi connectivity index (χ0v) is 13.7. The van der Waals surface area contributed by atoms with Crippen LogP contribution in [0.15, 0.2) is 0 Å². The Kier molecular flexibility index (Phi) is 7.95. The molecule has 2 aliphatic rings. The van der Waals surface area contributed by atoms with Crippen molar-refractivity contribution in [2.24, 2.45) is 5.41 Å². The number of alkyl halides is 3. The summed E-state index contributed by atoms with van der Waals surface area (Å²) >= 11 is 0. The van der Waals surface area contributed by atoms with E-state index in [2.05, 4.69) is 17.6 Å². The highest BCUT2D eigenvalue weighted by Crippen LogP contribution is 2.33. The molecule has 9 heteroatoms. The quantitative estimate of drug-likeness (QED) is 0.718. The molecule has 0 bridgehead atoms. The second-order valence-electron chi connectivity index (χ2n) is 6.05. The van der Waals surface area contributed by atoms with E-state index in [1.165, 1.54) is 0 Å². The molecule has 3 N–H and O–H groups in total. The fourth-order valence-corrected chi connectivity index (χ4v) is 2.83. The van der Waals surface area contributed by atoms with Crippen LogP contribution in [-0.2, 0) is 14.3 Å². The Labute approximate surface area is 139 Å². The normalized spacial score (nSPS) is 21.3. The third-order valence-electron chi connectivity index (χ3n) is 4.52. The molecule has 6 nitrogen and oxygen atoms in total. The largest absolute Gasteiger partial charge is 0.490 e. The first-order chi connectivity index (χ1) is 11.2. The molecule has 2 heterocycles. The monoisotopic (exact) mass is 354 g/mol. The maximum atomic E-state index is 12.4. The van der Waals surface area contributed by atoms with Crippen molar-refractivity contribution in [1.29, 1.82) is 0 Å². The lowest BCUT2D eigenvalue weighted by molar-refractivity contribution is -0.192. The van der Waals surface area contributed by atoms with Crippen molar-refractivity contribution in [3.63, 3.8) is 0 Å². The van der Waals surface area contributed by atoms with Crippen LogP contribution in [-0.4, -0.2) is 55.5 Å². The summed E-state index contributed by atoms with van der Waals surface area (Å²) in [5.74, 6) is -2.49. The van der Waals surface area contributed by atoms with Gasteiger partial charge in [0.1, 0.15) is 0 Å². The number of ether oxygens (including phenoxy) is 1. The van der Waals surface area contributed by atoms with Gasteiger partial charge in [-0.1, -0.05) is 6.92 Å². The molecule has 1 amide bonds. The number of carbonyl (C=O) groups is 2. The summed E-state index contributed by atoms with van der Waals surface area (Å²) < 4.78 is 37.1. The van der Waals surface area contributed by atoms with Crippen LogP contribution >= 0.6 is 0 Å². The van der Waals surface area contributed by atoms with Gasteiger partial charge in [-0.3, -0.25) is 4.79 Å². The number of carboxylic acids is 1. The van der Waals surface area contributed by atoms with E-state index in [9.17, 15) is 18.0 Å². The molecule has 0 aromatic rings. The van der Waals surface area contributed by atoms with Gasteiger partial charge in [0, 0.05) is 19.3 Å². The number of piperidine rings is 1. The highest BCUT2D eigenvalue weighted by Gasteiger charge is 2.39. The molecular weight excluding hydrogens is 329 g/mol. The second-order valence-corrected chi connectivity index (χ2v) is 6.05. The molecule has 2 aliphatic heterocycles. The van der Waals surface area contributed by atoms with Gasteiger partial charge < -0.3 is 20.5 Å². The maximum absolute atomic E-state index is 12.4. The van der Waals surface area contributed by atoms with Crippen LogP contribution in [0.1, 0.15) is 39.0 Å². The van der Waals surface area contributed by atoms with Crippen LogP contribution in [0.2, 0.25) is 0 Å². The molecular formula is C15H25F3N2O4. The van der Waals surface area contributed by atoms with Gasteiger partial charge in [-0.2, -0.15) is 13.2 Å². The van der Waals surface area contributed by atoms with Gasteiger partial charge in [0.05, 0.1) is 5.41 Å². The van der Waals surface area contributed by atoms with Gasteiger partial charge in [0.2, 0.25) is 5.91 Å². The van der Waals surface area contributed by atoms with Crippen molar-refractivity contribution in [3.8, 4) is 0 Å². The fraction of sp³-hybridized carbons (Fsp3) is 0.867. The molecule has 2 saturated heterocycles. The summed E-state index contributed by atoms with van der Waals surface area (Å²) in [6, 6.07) is 0.328. The summed E-state index contributed by atoms with van der Waals surface area (Å²) in [6.07, 6.45) is -0.269. The van der Waals surface area contributed by atoms with Crippen molar-refractivity contribution in [2.75, 3.05) is 26.3 Å². The van der Waals surface area contributed by atoms with Gasteiger partial charge in [-0.15, -0.1) is 0 Å². The van der Waals surface area contributed by atoms with Gasteiger partial charge in [-0.25, -0.2) is 4.79 Å². The van der Waals surface area contributed by atoms with Crippen LogP contribution in [0.3, 0.4) is 0 Å². The maximum Gasteiger partial charge on any atom is 0.490 e. The van der Waals surface area contributed by atoms with E-state index in [0.717, 1.165) is 58.4 Å². The third kappa shape index (κ3) is 6.27. The smallest absolute Gasteiger partial charge is 0.475 e. The highest BCUT2D eigenvalue weighted by atomic mass is 19.4. The number of carboxylic acid groups (broad SMARTS) is 1. The number of rotatable bonds is 3. The molecule has 0 spiro atoms. The summed E-state index contributed by atoms with van der Waals surface area (Å²) in [6.45, 7) is 5.64. The number of carbonyl (C=O) groups excluding carboxylic acids is 1. The van der Waals surface area contributed by atoms with E-state index in [1.54, 1.807) is 0 Å². The minimum absolute atomic E-state index is 0.121. The molecule has 140 valence electrons. The van der Waals surface area contributed by atoms with Crippen LogP contribution in [0.25, 0.3) is 0 Å². The Morgan fingerprint density at radius 2 is 1.75 bits per heavy atom. The van der Waals surface area contributed by atoms with E-state index in [1.807, 2.05) is 0 Å². The molecule has 0 saturated carbocycles. The zero-order chi connectivity index (χ0) is 18.2. The lowest BCUT2D eigenvalue weighted by Gasteiger charge is -2.37. The molecule has 0 aromatic carbocycles. The number of hydrogen-bond donors (Lipinski definition) is 3. The van der Waals surface area contributed by atoms with E-state index in [4.69, 9.17) is 14.6 Å². The SMILES string of the molecule is CCC1(C(=O)NC2CCOCC2)CCNCC1.O=C(O)C(F)(F)F. The van der Waals surface area contributed by atoms with Crippen molar-refractivity contribution in [1.82, 2.24) is 10.6 Å². The highest BCUT2D eigenvalue weighted by molar-refractivity contribution is 5.83. The Morgan fingerprint density at radius 1 is 1.25 bits per heavy atom. The number of hydrogen-bond acceptors (Lipinski definition) is 4. The van der Waals surface area contributed by atoms with Gasteiger partial charge >= 0.3 is 12.1 Å². The first kappa shape index (κ1) is 20.7. The molecule has 24 heavy (non-hydrogen) atoms. The lowest BCUT2D eigenvalue weighted by atomic mass is 9.75. The van der Waals surface area contributed by atoms with Crippen molar-refractivity contribution < 1.29 is 32.6 Å². The molecule has 0 aliphatic carbocycles. The predicted octanol–water partition coefficient (Wildman–Crippen LogP) is 1.69. The minimum atomic E-state index is -5.08. The standard InChI is InChI=1S/C13H24N2O2.C2HF3O2/c1-2-13(5-7-14-8-6-13)12(16)15-11-3-9-17-10-4-11;3-2(4,5)1(6)7/h11,14H,2-10H2,1H3,(H,15,16);(H,6,7). The predicted molar refractivity (Wildman–Crippen MR) is 80.5 cm³/mol. The lowest BCUT2D eigenvalue weighted by Crippen LogP contribution is -2.51. The zero-order valence-electron chi connectivity index (χ0n) is 13.7. The summed E-state index contributed by atoms with van der Waals surface area (Å²) in [5, 5.41) is 13.7. The number of nitrogens with one attached hydrogen (secondary N) is 2. The molecule has 0 radical (unpaired) electrons. The third-order valence-corrected chi connectivity index (χ3v) is 4.52. The molecule has 2 fully saturated rings. The first-order valence-electron chi connectivity index (χ1n) is 8.11. The number of aliphatic carboxylic acids is 1. The Hall–Kier alpha value is -1.35. The topological polar surface area (TPSA) is 87.7 Å². The van der Waals surface area contributed by atoms with E-state index < -0.39 is 12.1 Å². The average molecular weight is 354 g/mol. The van der Waals surface area contributed by atoms with Crippen LogP contribution in [0.5, 0.6) is 0 Å². The second kappa shape index (κ2) is 9.22. The van der Waals surface area contributed by atoms with Crippen LogP contribution in [0, 0.1) is 5.41 Å². The number of amides is 1. The van der Waals surface area contributed by atoms with Gasteiger partial charge in [-0.05, 0) is 45.2 Å².